The molecular formula is C23H34N2O7. The Morgan fingerprint density at radius 1 is 0.844 bits per heavy atom. The molecular weight excluding hydrogens is 416 g/mol. The third-order valence-corrected chi connectivity index (χ3v) is 3.90. The van der Waals surface area contributed by atoms with E-state index in [1.807, 2.05) is 0 Å². The number of non-ortho nitro benzene ring substituents is 1. The molecule has 0 aromatic heterocycles. The maximum absolute atomic E-state index is 13.3. The average molecular weight is 451 g/mol. The van der Waals surface area contributed by atoms with Crippen molar-refractivity contribution in [3.63, 3.8) is 0 Å². The molecule has 0 spiro atoms. The standard InChI is InChI=1S/C23H34N2O7/c1-21(2,3)24-18(26)16(14-10-12-15(13-11-14)25(29)30)17(19(27)31-22(4,5)6)20(28)32-23(7,8)9/h10-13,16-17H,1-9H3,(H,24,26). The summed E-state index contributed by atoms with van der Waals surface area (Å²) in [5, 5.41) is 13.8. The third kappa shape index (κ3) is 8.64. The largest absolute Gasteiger partial charge is 0.459 e. The summed E-state index contributed by atoms with van der Waals surface area (Å²) < 4.78 is 10.9. The summed E-state index contributed by atoms with van der Waals surface area (Å²) in [4.78, 5) is 50.0. The molecule has 1 aromatic carbocycles. The average Bonchev–Trinajstić information content (AvgIpc) is 2.54. The normalized spacial score (nSPS) is 13.3. The number of carbonyl (C=O) groups is 3. The van der Waals surface area contributed by atoms with Gasteiger partial charge in [-0.2, -0.15) is 0 Å². The predicted molar refractivity (Wildman–Crippen MR) is 119 cm³/mol. The number of hydrogen-bond donors (Lipinski definition) is 1. The van der Waals surface area contributed by atoms with Gasteiger partial charge in [0, 0.05) is 17.7 Å². The van der Waals surface area contributed by atoms with Crippen LogP contribution in [0.3, 0.4) is 0 Å². The molecule has 1 N–H and O–H groups in total. The van der Waals surface area contributed by atoms with Crippen molar-refractivity contribution in [2.75, 3.05) is 0 Å². The monoisotopic (exact) mass is 450 g/mol. The van der Waals surface area contributed by atoms with Crippen molar-refractivity contribution in [2.45, 2.75) is 85.0 Å². The second kappa shape index (κ2) is 9.67. The predicted octanol–water partition coefficient (Wildman–Crippen LogP) is 3.89. The summed E-state index contributed by atoms with van der Waals surface area (Å²) in [7, 11) is 0. The van der Waals surface area contributed by atoms with Gasteiger partial charge < -0.3 is 14.8 Å². The summed E-state index contributed by atoms with van der Waals surface area (Å²) in [6.07, 6.45) is 0. The molecule has 0 radical (unpaired) electrons. The molecule has 0 saturated heterocycles. The number of benzene rings is 1. The van der Waals surface area contributed by atoms with E-state index in [0.717, 1.165) is 0 Å². The van der Waals surface area contributed by atoms with Gasteiger partial charge in [-0.15, -0.1) is 0 Å². The number of ether oxygens (including phenoxy) is 2. The lowest BCUT2D eigenvalue weighted by molar-refractivity contribution is -0.384. The number of nitrogens with one attached hydrogen (secondary N) is 1. The lowest BCUT2D eigenvalue weighted by Gasteiger charge is -2.32. The van der Waals surface area contributed by atoms with Gasteiger partial charge in [0.25, 0.3) is 5.69 Å². The highest BCUT2D eigenvalue weighted by atomic mass is 16.6. The van der Waals surface area contributed by atoms with Gasteiger partial charge in [-0.3, -0.25) is 24.5 Å². The van der Waals surface area contributed by atoms with E-state index in [0.29, 0.717) is 0 Å². The molecule has 1 atom stereocenters. The van der Waals surface area contributed by atoms with Crippen molar-refractivity contribution in [1.29, 1.82) is 0 Å². The van der Waals surface area contributed by atoms with Crippen LogP contribution in [0, 0.1) is 16.0 Å². The molecule has 9 heteroatoms. The topological polar surface area (TPSA) is 125 Å². The van der Waals surface area contributed by atoms with Gasteiger partial charge >= 0.3 is 11.9 Å². The van der Waals surface area contributed by atoms with Gasteiger partial charge in [0.05, 0.1) is 10.8 Å². The molecule has 1 amide bonds. The number of carbonyl (C=O) groups excluding carboxylic acids is 3. The van der Waals surface area contributed by atoms with Crippen molar-refractivity contribution >= 4 is 23.5 Å². The lowest BCUT2D eigenvalue weighted by atomic mass is 9.84. The van der Waals surface area contributed by atoms with E-state index in [1.165, 1.54) is 24.3 Å². The van der Waals surface area contributed by atoms with Crippen molar-refractivity contribution < 1.29 is 28.8 Å². The zero-order chi connectivity index (χ0) is 25.1. The van der Waals surface area contributed by atoms with E-state index >= 15 is 0 Å². The van der Waals surface area contributed by atoms with Crippen LogP contribution in [-0.2, 0) is 23.9 Å². The number of rotatable bonds is 6. The smallest absolute Gasteiger partial charge is 0.322 e. The quantitative estimate of drug-likeness (QED) is 0.302. The SMILES string of the molecule is CC(C)(C)NC(=O)C(c1ccc([N+](=O)[O-])cc1)C(C(=O)OC(C)(C)C)C(=O)OC(C)(C)C. The number of amides is 1. The maximum atomic E-state index is 13.3. The Morgan fingerprint density at radius 3 is 1.56 bits per heavy atom. The van der Waals surface area contributed by atoms with E-state index in [4.69, 9.17) is 9.47 Å². The molecule has 0 aliphatic carbocycles. The number of nitro groups is 1. The molecule has 1 unspecified atom stereocenters. The van der Waals surface area contributed by atoms with Crippen LogP contribution in [0.25, 0.3) is 0 Å². The Labute approximate surface area is 189 Å². The third-order valence-electron chi connectivity index (χ3n) is 3.90. The Kier molecular flexibility index (Phi) is 8.17. The van der Waals surface area contributed by atoms with Gasteiger partial charge in [-0.25, -0.2) is 0 Å². The van der Waals surface area contributed by atoms with Crippen LogP contribution in [0.2, 0.25) is 0 Å². The van der Waals surface area contributed by atoms with Crippen molar-refractivity contribution in [1.82, 2.24) is 5.32 Å². The molecule has 1 aromatic rings. The number of nitrogens with zero attached hydrogens (tertiary/aromatic N) is 1. The van der Waals surface area contributed by atoms with E-state index in [2.05, 4.69) is 5.32 Å². The first kappa shape index (κ1) is 27.1. The summed E-state index contributed by atoms with van der Waals surface area (Å²) >= 11 is 0. The van der Waals surface area contributed by atoms with E-state index in [-0.39, 0.29) is 11.3 Å². The summed E-state index contributed by atoms with van der Waals surface area (Å²) in [5.41, 5.74) is -2.44. The Morgan fingerprint density at radius 2 is 1.25 bits per heavy atom. The fraction of sp³-hybridized carbons (Fsp3) is 0.609. The molecule has 32 heavy (non-hydrogen) atoms. The number of esters is 2. The molecule has 0 aliphatic heterocycles. The molecule has 0 saturated carbocycles. The minimum absolute atomic E-state index is 0.185. The van der Waals surface area contributed by atoms with Crippen LogP contribution in [-0.4, -0.2) is 39.5 Å². The fourth-order valence-electron chi connectivity index (χ4n) is 2.84. The molecule has 178 valence electrons. The van der Waals surface area contributed by atoms with Crippen molar-refractivity contribution in [3.8, 4) is 0 Å². The first-order valence-electron chi connectivity index (χ1n) is 10.3. The van der Waals surface area contributed by atoms with E-state index < -0.39 is 51.3 Å². The van der Waals surface area contributed by atoms with Crippen LogP contribution in [0.15, 0.2) is 24.3 Å². The zero-order valence-corrected chi connectivity index (χ0v) is 20.3. The molecule has 0 fully saturated rings. The Balaban J connectivity index is 3.62. The van der Waals surface area contributed by atoms with Crippen LogP contribution < -0.4 is 5.32 Å². The van der Waals surface area contributed by atoms with Gasteiger partial charge in [-0.1, -0.05) is 12.1 Å². The van der Waals surface area contributed by atoms with Crippen LogP contribution in [0.5, 0.6) is 0 Å². The Bertz CT molecular complexity index is 828. The number of hydrogen-bond acceptors (Lipinski definition) is 7. The van der Waals surface area contributed by atoms with Gasteiger partial charge in [-0.05, 0) is 67.9 Å². The lowest BCUT2D eigenvalue weighted by Crippen LogP contribution is -2.49. The maximum Gasteiger partial charge on any atom is 0.322 e. The fourth-order valence-corrected chi connectivity index (χ4v) is 2.84. The highest BCUT2D eigenvalue weighted by Crippen LogP contribution is 2.32. The highest BCUT2D eigenvalue weighted by Gasteiger charge is 2.45. The Hall–Kier alpha value is -2.97. The summed E-state index contributed by atoms with van der Waals surface area (Å²) in [6.45, 7) is 15.1. The molecule has 0 aliphatic rings. The van der Waals surface area contributed by atoms with Crippen LogP contribution >= 0.6 is 0 Å². The highest BCUT2D eigenvalue weighted by molar-refractivity contribution is 6.02. The molecule has 0 bridgehead atoms. The van der Waals surface area contributed by atoms with Gasteiger partial charge in [0.15, 0.2) is 5.92 Å². The molecule has 1 rings (SSSR count). The minimum atomic E-state index is -1.61. The van der Waals surface area contributed by atoms with E-state index in [9.17, 15) is 24.5 Å². The van der Waals surface area contributed by atoms with Gasteiger partial charge in [0.1, 0.15) is 11.2 Å². The van der Waals surface area contributed by atoms with Crippen LogP contribution in [0.4, 0.5) is 5.69 Å². The zero-order valence-electron chi connectivity index (χ0n) is 20.3. The van der Waals surface area contributed by atoms with Crippen LogP contribution in [0.1, 0.15) is 73.8 Å². The van der Waals surface area contributed by atoms with E-state index in [1.54, 1.807) is 62.3 Å². The molecule has 0 heterocycles. The summed E-state index contributed by atoms with van der Waals surface area (Å²) in [6, 6.07) is 5.14. The molecule has 9 nitrogen and oxygen atoms in total. The second-order valence-electron chi connectivity index (χ2n) is 10.6. The summed E-state index contributed by atoms with van der Waals surface area (Å²) in [5.74, 6) is -5.37. The van der Waals surface area contributed by atoms with Gasteiger partial charge in [0.2, 0.25) is 5.91 Å². The second-order valence-corrected chi connectivity index (χ2v) is 10.6. The minimum Gasteiger partial charge on any atom is -0.459 e. The van der Waals surface area contributed by atoms with Crippen molar-refractivity contribution in [2.24, 2.45) is 5.92 Å². The first-order valence-corrected chi connectivity index (χ1v) is 10.3. The first-order chi connectivity index (χ1) is 14.3. The number of nitro benzene ring substituents is 1. The van der Waals surface area contributed by atoms with Crippen molar-refractivity contribution in [3.05, 3.63) is 39.9 Å².